The van der Waals surface area contributed by atoms with E-state index in [0.717, 1.165) is 59.0 Å². The summed E-state index contributed by atoms with van der Waals surface area (Å²) in [6.07, 6.45) is 16.7. The Bertz CT molecular complexity index is 929. The Morgan fingerprint density at radius 1 is 0.800 bits per heavy atom. The minimum Gasteiger partial charge on any atom is -0.472 e. The fraction of sp³-hybridized carbons (Fsp3) is 0.667. The van der Waals surface area contributed by atoms with Crippen LogP contribution in [0.4, 0.5) is 11.4 Å². The van der Waals surface area contributed by atoms with Gasteiger partial charge in [-0.1, -0.05) is 19.3 Å². The molecule has 0 bridgehead atoms. The van der Waals surface area contributed by atoms with Crippen LogP contribution in [0, 0.1) is 5.41 Å². The zero-order valence-electron chi connectivity index (χ0n) is 21.4. The van der Waals surface area contributed by atoms with E-state index in [2.05, 4.69) is 39.0 Å². The zero-order chi connectivity index (χ0) is 23.5. The zero-order valence-corrected chi connectivity index (χ0v) is 21.4. The molecule has 0 atom stereocenters. The maximum absolute atomic E-state index is 5.64. The van der Waals surface area contributed by atoms with Crippen molar-refractivity contribution in [1.82, 2.24) is 4.90 Å². The lowest BCUT2D eigenvalue weighted by Gasteiger charge is -2.44. The molecule has 1 spiro atoms. The van der Waals surface area contributed by atoms with Gasteiger partial charge in [0.25, 0.3) is 0 Å². The van der Waals surface area contributed by atoms with Crippen LogP contribution in [0.5, 0.6) is 0 Å². The molecule has 2 saturated heterocycles. The minimum absolute atomic E-state index is 0.676. The summed E-state index contributed by atoms with van der Waals surface area (Å²) < 4.78 is 10.9. The molecule has 5 heteroatoms. The molecule has 4 fully saturated rings. The van der Waals surface area contributed by atoms with E-state index in [1.807, 2.05) is 6.26 Å². The maximum atomic E-state index is 5.64. The average molecular weight is 478 g/mol. The normalized spacial score (nSPS) is 24.2. The van der Waals surface area contributed by atoms with Crippen LogP contribution in [0.15, 0.2) is 41.2 Å². The van der Waals surface area contributed by atoms with Gasteiger partial charge in [-0.05, 0) is 79.7 Å². The van der Waals surface area contributed by atoms with Gasteiger partial charge in [-0.3, -0.25) is 4.90 Å². The van der Waals surface area contributed by atoms with E-state index in [1.165, 1.54) is 74.7 Å². The number of benzene rings is 1. The quantitative estimate of drug-likeness (QED) is 0.524. The standard InChI is InChI=1S/C30H43N3O2/c1-2-9-30(10-3-1)11-6-26(7-12-30)28-22-27(32-17-20-34-21-18-32)4-5-29(28)33-15-13-31(14-16-33)23-25-8-19-35-24-25/h4-5,8,19,22,24,26H,1-3,6-7,9-18,20-21,23H2. The fourth-order valence-electron chi connectivity index (χ4n) is 7.31. The first kappa shape index (κ1) is 23.4. The first-order valence-corrected chi connectivity index (χ1v) is 14.2. The molecule has 0 unspecified atom stereocenters. The molecule has 1 aromatic carbocycles. The largest absolute Gasteiger partial charge is 0.472 e. The second-order valence-corrected chi connectivity index (χ2v) is 11.6. The molecule has 1 aromatic heterocycles. The van der Waals surface area contributed by atoms with E-state index < -0.39 is 0 Å². The minimum atomic E-state index is 0.676. The second-order valence-electron chi connectivity index (χ2n) is 11.6. The van der Waals surface area contributed by atoms with Crippen LogP contribution in [0.2, 0.25) is 0 Å². The van der Waals surface area contributed by atoms with Crippen LogP contribution in [0.25, 0.3) is 0 Å². The number of hydrogen-bond acceptors (Lipinski definition) is 5. The first-order chi connectivity index (χ1) is 17.3. The highest BCUT2D eigenvalue weighted by Gasteiger charge is 2.37. The Morgan fingerprint density at radius 2 is 1.57 bits per heavy atom. The molecule has 0 N–H and O–H groups in total. The average Bonchev–Trinajstić information content (AvgIpc) is 3.44. The van der Waals surface area contributed by atoms with Crippen LogP contribution in [0.3, 0.4) is 0 Å². The van der Waals surface area contributed by atoms with Crippen molar-refractivity contribution in [2.75, 3.05) is 62.3 Å². The summed E-state index contributed by atoms with van der Waals surface area (Å²) in [5.41, 5.74) is 6.50. The van der Waals surface area contributed by atoms with E-state index >= 15 is 0 Å². The van der Waals surface area contributed by atoms with Crippen molar-refractivity contribution in [2.45, 2.75) is 70.3 Å². The molecule has 35 heavy (non-hydrogen) atoms. The van der Waals surface area contributed by atoms with Crippen molar-refractivity contribution in [3.63, 3.8) is 0 Å². The topological polar surface area (TPSA) is 32.1 Å². The van der Waals surface area contributed by atoms with Crippen molar-refractivity contribution in [3.8, 4) is 0 Å². The molecule has 2 aliphatic heterocycles. The number of nitrogens with zero attached hydrogens (tertiary/aromatic N) is 3. The Kier molecular flexibility index (Phi) is 7.07. The molecular formula is C30H43N3O2. The van der Waals surface area contributed by atoms with Crippen molar-refractivity contribution in [1.29, 1.82) is 0 Å². The Balaban J connectivity index is 1.19. The van der Waals surface area contributed by atoms with Gasteiger partial charge in [0.15, 0.2) is 0 Å². The van der Waals surface area contributed by atoms with Crippen LogP contribution in [0.1, 0.15) is 74.8 Å². The van der Waals surface area contributed by atoms with E-state index in [9.17, 15) is 0 Å². The molecule has 3 heterocycles. The van der Waals surface area contributed by atoms with Crippen LogP contribution in [-0.2, 0) is 11.3 Å². The third kappa shape index (κ3) is 5.27. The molecule has 2 aliphatic carbocycles. The molecule has 6 rings (SSSR count). The lowest BCUT2D eigenvalue weighted by molar-refractivity contribution is 0.114. The predicted octanol–water partition coefficient (Wildman–Crippen LogP) is 6.05. The Hall–Kier alpha value is -1.98. The monoisotopic (exact) mass is 477 g/mol. The highest BCUT2D eigenvalue weighted by atomic mass is 16.5. The highest BCUT2D eigenvalue weighted by Crippen LogP contribution is 2.52. The predicted molar refractivity (Wildman–Crippen MR) is 142 cm³/mol. The van der Waals surface area contributed by atoms with Crippen molar-refractivity contribution < 1.29 is 9.15 Å². The Labute approximate surface area is 211 Å². The highest BCUT2D eigenvalue weighted by molar-refractivity contribution is 5.63. The van der Waals surface area contributed by atoms with Gasteiger partial charge in [-0.2, -0.15) is 0 Å². The summed E-state index contributed by atoms with van der Waals surface area (Å²) in [7, 11) is 0. The van der Waals surface area contributed by atoms with Crippen molar-refractivity contribution >= 4 is 11.4 Å². The van der Waals surface area contributed by atoms with Gasteiger partial charge in [0.2, 0.25) is 0 Å². The molecule has 2 aromatic rings. The number of morpholine rings is 1. The lowest BCUT2D eigenvalue weighted by Crippen LogP contribution is -2.46. The number of ether oxygens (including phenoxy) is 1. The van der Waals surface area contributed by atoms with Crippen LogP contribution < -0.4 is 9.80 Å². The van der Waals surface area contributed by atoms with Gasteiger partial charge in [0, 0.05) is 62.8 Å². The lowest BCUT2D eigenvalue weighted by atomic mass is 9.62. The third-order valence-corrected chi connectivity index (χ3v) is 9.49. The SMILES string of the molecule is c1cc(CN2CCN(c3ccc(N4CCOCC4)cc3C3CCC4(CCCCC4)CC3)CC2)co1. The molecule has 2 saturated carbocycles. The van der Waals surface area contributed by atoms with E-state index in [4.69, 9.17) is 9.15 Å². The summed E-state index contributed by atoms with van der Waals surface area (Å²) in [6.45, 7) is 9.17. The van der Waals surface area contributed by atoms with Gasteiger partial charge in [0.1, 0.15) is 0 Å². The van der Waals surface area contributed by atoms with Gasteiger partial charge in [-0.15, -0.1) is 0 Å². The van der Waals surface area contributed by atoms with Gasteiger partial charge >= 0.3 is 0 Å². The molecule has 190 valence electrons. The molecular weight excluding hydrogens is 434 g/mol. The Morgan fingerprint density at radius 3 is 2.29 bits per heavy atom. The van der Waals surface area contributed by atoms with Gasteiger partial charge in [0.05, 0.1) is 25.7 Å². The maximum Gasteiger partial charge on any atom is 0.0947 e. The first-order valence-electron chi connectivity index (χ1n) is 14.2. The van der Waals surface area contributed by atoms with E-state index in [1.54, 1.807) is 11.8 Å². The van der Waals surface area contributed by atoms with Crippen molar-refractivity contribution in [3.05, 3.63) is 47.9 Å². The van der Waals surface area contributed by atoms with Crippen molar-refractivity contribution in [2.24, 2.45) is 5.41 Å². The number of furan rings is 1. The fourth-order valence-corrected chi connectivity index (χ4v) is 7.31. The summed E-state index contributed by atoms with van der Waals surface area (Å²) in [5.74, 6) is 0.711. The summed E-state index contributed by atoms with van der Waals surface area (Å²) >= 11 is 0. The smallest absolute Gasteiger partial charge is 0.0947 e. The number of anilines is 2. The van der Waals surface area contributed by atoms with Gasteiger partial charge in [-0.25, -0.2) is 0 Å². The third-order valence-electron chi connectivity index (χ3n) is 9.49. The number of hydrogen-bond donors (Lipinski definition) is 0. The summed E-state index contributed by atoms with van der Waals surface area (Å²) in [5, 5.41) is 0. The number of rotatable bonds is 5. The van der Waals surface area contributed by atoms with E-state index in [-0.39, 0.29) is 0 Å². The molecule has 4 aliphatic rings. The summed E-state index contributed by atoms with van der Waals surface area (Å²) in [4.78, 5) is 7.77. The molecule has 0 amide bonds. The number of piperazine rings is 1. The van der Waals surface area contributed by atoms with Crippen LogP contribution >= 0.6 is 0 Å². The van der Waals surface area contributed by atoms with Gasteiger partial charge < -0.3 is 19.0 Å². The molecule has 5 nitrogen and oxygen atoms in total. The van der Waals surface area contributed by atoms with E-state index in [0.29, 0.717) is 11.3 Å². The second kappa shape index (κ2) is 10.6. The summed E-state index contributed by atoms with van der Waals surface area (Å²) in [6, 6.07) is 9.50. The molecule has 0 radical (unpaired) electrons. The van der Waals surface area contributed by atoms with Crippen LogP contribution in [-0.4, -0.2) is 57.4 Å².